The second-order valence-electron chi connectivity index (χ2n) is 4.29. The summed E-state index contributed by atoms with van der Waals surface area (Å²) in [6, 6.07) is 8.99. The molecule has 2 aromatic rings. The Morgan fingerprint density at radius 2 is 2.00 bits per heavy atom. The smallest absolute Gasteiger partial charge is 0.124 e. The summed E-state index contributed by atoms with van der Waals surface area (Å²) in [7, 11) is 0. The van der Waals surface area contributed by atoms with Crippen LogP contribution in [0, 0.1) is 5.82 Å². The van der Waals surface area contributed by atoms with Gasteiger partial charge >= 0.3 is 0 Å². The molecule has 0 aliphatic carbocycles. The largest absolute Gasteiger partial charge is 0.303 e. The van der Waals surface area contributed by atoms with E-state index in [1.165, 1.54) is 17.0 Å². The summed E-state index contributed by atoms with van der Waals surface area (Å²) in [6.07, 6.45) is 0. The normalized spacial score (nSPS) is 14.4. The van der Waals surface area contributed by atoms with Crippen LogP contribution < -0.4 is 5.32 Å². The number of halogens is 2. The molecule has 0 saturated heterocycles. The van der Waals surface area contributed by atoms with Crippen LogP contribution in [-0.2, 0) is 0 Å². The highest BCUT2D eigenvalue weighted by molar-refractivity contribution is 7.10. The number of nitrogens with one attached hydrogen (secondary N) is 1. The molecule has 0 bridgehead atoms. The molecule has 1 N–H and O–H groups in total. The van der Waals surface area contributed by atoms with Gasteiger partial charge in [-0.3, -0.25) is 0 Å². The van der Waals surface area contributed by atoms with E-state index in [9.17, 15) is 4.39 Å². The molecular weight excluding hydrogens is 269 g/mol. The minimum Gasteiger partial charge on any atom is -0.303 e. The number of rotatable bonds is 4. The van der Waals surface area contributed by atoms with Crippen LogP contribution in [0.15, 0.2) is 35.7 Å². The van der Waals surface area contributed by atoms with Gasteiger partial charge in [0.2, 0.25) is 0 Å². The summed E-state index contributed by atoms with van der Waals surface area (Å²) in [5.74, 6) is -0.303. The van der Waals surface area contributed by atoms with Gasteiger partial charge in [-0.05, 0) is 43.0 Å². The van der Waals surface area contributed by atoms with E-state index in [1.54, 1.807) is 17.4 Å². The van der Waals surface area contributed by atoms with Crippen molar-refractivity contribution in [3.8, 4) is 0 Å². The second kappa shape index (κ2) is 5.83. The van der Waals surface area contributed by atoms with Crippen molar-refractivity contribution in [2.24, 2.45) is 0 Å². The van der Waals surface area contributed by atoms with Gasteiger partial charge in [0.15, 0.2) is 0 Å². The van der Waals surface area contributed by atoms with Crippen molar-refractivity contribution in [3.05, 3.63) is 57.0 Å². The summed E-state index contributed by atoms with van der Waals surface area (Å²) in [6.45, 7) is 4.14. The molecule has 0 aliphatic rings. The first-order valence-electron chi connectivity index (χ1n) is 5.82. The van der Waals surface area contributed by atoms with Crippen molar-refractivity contribution in [1.29, 1.82) is 0 Å². The molecule has 0 spiro atoms. The zero-order valence-electron chi connectivity index (χ0n) is 10.3. The molecule has 0 aliphatic heterocycles. The van der Waals surface area contributed by atoms with E-state index in [0.717, 1.165) is 5.56 Å². The SMILES string of the molecule is CC(N[C@@H](C)c1cccs1)c1ccc(F)cc1Cl. The Morgan fingerprint density at radius 1 is 1.22 bits per heavy atom. The maximum absolute atomic E-state index is 13.0. The van der Waals surface area contributed by atoms with E-state index < -0.39 is 0 Å². The molecule has 1 aromatic carbocycles. The summed E-state index contributed by atoms with van der Waals surface area (Å²) >= 11 is 7.77. The van der Waals surface area contributed by atoms with Gasteiger partial charge in [-0.2, -0.15) is 0 Å². The molecule has 18 heavy (non-hydrogen) atoms. The molecular formula is C14H15ClFNS. The predicted octanol–water partition coefficient (Wildman–Crippen LogP) is 4.95. The van der Waals surface area contributed by atoms with Crippen LogP contribution in [0.3, 0.4) is 0 Å². The zero-order chi connectivity index (χ0) is 13.1. The lowest BCUT2D eigenvalue weighted by Crippen LogP contribution is -2.22. The van der Waals surface area contributed by atoms with E-state index in [2.05, 4.69) is 23.7 Å². The van der Waals surface area contributed by atoms with Gasteiger partial charge in [-0.15, -0.1) is 11.3 Å². The zero-order valence-corrected chi connectivity index (χ0v) is 11.9. The number of thiophene rings is 1. The molecule has 0 saturated carbocycles. The Kier molecular flexibility index (Phi) is 4.38. The molecule has 96 valence electrons. The molecule has 2 rings (SSSR count). The minimum absolute atomic E-state index is 0.0789. The number of hydrogen-bond acceptors (Lipinski definition) is 2. The van der Waals surface area contributed by atoms with Gasteiger partial charge in [-0.1, -0.05) is 23.7 Å². The van der Waals surface area contributed by atoms with Crippen LogP contribution in [0.4, 0.5) is 4.39 Å². The molecule has 0 amide bonds. The molecule has 0 fully saturated rings. The van der Waals surface area contributed by atoms with E-state index in [4.69, 9.17) is 11.6 Å². The van der Waals surface area contributed by atoms with Crippen molar-refractivity contribution in [2.75, 3.05) is 0 Å². The minimum atomic E-state index is -0.303. The van der Waals surface area contributed by atoms with Gasteiger partial charge < -0.3 is 5.32 Å². The number of hydrogen-bond donors (Lipinski definition) is 1. The summed E-state index contributed by atoms with van der Waals surface area (Å²) < 4.78 is 13.0. The van der Waals surface area contributed by atoms with Crippen molar-refractivity contribution >= 4 is 22.9 Å². The number of benzene rings is 1. The highest BCUT2D eigenvalue weighted by Crippen LogP contribution is 2.27. The lowest BCUT2D eigenvalue weighted by Gasteiger charge is -2.20. The van der Waals surface area contributed by atoms with Crippen LogP contribution >= 0.6 is 22.9 Å². The Bertz CT molecular complexity index is 513. The highest BCUT2D eigenvalue weighted by Gasteiger charge is 2.14. The average molecular weight is 284 g/mol. The predicted molar refractivity (Wildman–Crippen MR) is 75.7 cm³/mol. The summed E-state index contributed by atoms with van der Waals surface area (Å²) in [4.78, 5) is 1.28. The van der Waals surface area contributed by atoms with Crippen LogP contribution in [0.5, 0.6) is 0 Å². The lowest BCUT2D eigenvalue weighted by molar-refractivity contribution is 0.499. The van der Waals surface area contributed by atoms with Gasteiger partial charge in [0.05, 0.1) is 0 Å². The summed E-state index contributed by atoms with van der Waals surface area (Å²) in [5, 5.41) is 5.99. The molecule has 0 radical (unpaired) electrons. The molecule has 1 unspecified atom stereocenters. The van der Waals surface area contributed by atoms with Crippen molar-refractivity contribution in [1.82, 2.24) is 5.32 Å². The first kappa shape index (κ1) is 13.5. The maximum Gasteiger partial charge on any atom is 0.124 e. The third-order valence-corrected chi connectivity index (χ3v) is 4.28. The Labute approximate surface area is 116 Å². The third-order valence-electron chi connectivity index (χ3n) is 2.90. The molecule has 1 heterocycles. The van der Waals surface area contributed by atoms with E-state index in [0.29, 0.717) is 5.02 Å². The summed E-state index contributed by atoms with van der Waals surface area (Å²) in [5.41, 5.74) is 0.918. The third kappa shape index (κ3) is 3.10. The van der Waals surface area contributed by atoms with Crippen LogP contribution in [0.25, 0.3) is 0 Å². The molecule has 1 nitrogen and oxygen atoms in total. The van der Waals surface area contributed by atoms with Gasteiger partial charge in [0, 0.05) is 22.0 Å². The monoisotopic (exact) mass is 283 g/mol. The fourth-order valence-electron chi connectivity index (χ4n) is 1.94. The quantitative estimate of drug-likeness (QED) is 0.837. The average Bonchev–Trinajstić information content (AvgIpc) is 2.81. The fourth-order valence-corrected chi connectivity index (χ4v) is 3.01. The van der Waals surface area contributed by atoms with Crippen molar-refractivity contribution in [2.45, 2.75) is 25.9 Å². The Balaban J connectivity index is 2.10. The first-order valence-corrected chi connectivity index (χ1v) is 7.08. The van der Waals surface area contributed by atoms with Crippen LogP contribution in [-0.4, -0.2) is 0 Å². The Hall–Kier alpha value is -0.900. The lowest BCUT2D eigenvalue weighted by atomic mass is 10.1. The molecule has 4 heteroatoms. The fraction of sp³-hybridized carbons (Fsp3) is 0.286. The van der Waals surface area contributed by atoms with Gasteiger partial charge in [0.1, 0.15) is 5.82 Å². The maximum atomic E-state index is 13.0. The van der Waals surface area contributed by atoms with E-state index >= 15 is 0 Å². The standard InChI is InChI=1S/C14H15ClFNS/c1-9(12-6-5-11(16)8-13(12)15)17-10(2)14-4-3-7-18-14/h3-10,17H,1-2H3/t9?,10-/m0/s1. The van der Waals surface area contributed by atoms with Gasteiger partial charge in [0.25, 0.3) is 0 Å². The van der Waals surface area contributed by atoms with E-state index in [-0.39, 0.29) is 17.9 Å². The topological polar surface area (TPSA) is 12.0 Å². The van der Waals surface area contributed by atoms with Crippen LogP contribution in [0.1, 0.15) is 36.4 Å². The van der Waals surface area contributed by atoms with E-state index in [1.807, 2.05) is 13.0 Å². The van der Waals surface area contributed by atoms with Crippen molar-refractivity contribution < 1.29 is 4.39 Å². The van der Waals surface area contributed by atoms with Gasteiger partial charge in [-0.25, -0.2) is 4.39 Å². The molecule has 2 atom stereocenters. The van der Waals surface area contributed by atoms with Crippen molar-refractivity contribution in [3.63, 3.8) is 0 Å². The highest BCUT2D eigenvalue weighted by atomic mass is 35.5. The first-order chi connectivity index (χ1) is 8.58. The second-order valence-corrected chi connectivity index (χ2v) is 5.68. The Morgan fingerprint density at radius 3 is 2.61 bits per heavy atom. The van der Waals surface area contributed by atoms with Crippen LogP contribution in [0.2, 0.25) is 5.02 Å². The molecule has 1 aromatic heterocycles.